The van der Waals surface area contributed by atoms with Crippen molar-refractivity contribution in [1.29, 1.82) is 0 Å². The summed E-state index contributed by atoms with van der Waals surface area (Å²) >= 11 is 3.43. The van der Waals surface area contributed by atoms with Gasteiger partial charge in [0, 0.05) is 10.7 Å². The van der Waals surface area contributed by atoms with Crippen LogP contribution in [0.25, 0.3) is 11.0 Å². The molecular weight excluding hydrogens is 524 g/mol. The number of halogens is 1. The zero-order valence-electron chi connectivity index (χ0n) is 20.0. The maximum Gasteiger partial charge on any atom is 0.296 e. The lowest BCUT2D eigenvalue weighted by Gasteiger charge is -2.25. The van der Waals surface area contributed by atoms with Crippen molar-refractivity contribution in [1.82, 2.24) is 4.98 Å². The van der Waals surface area contributed by atoms with Crippen molar-refractivity contribution in [3.8, 4) is 11.5 Å². The first-order chi connectivity index (χ1) is 17.5. The third-order valence-electron chi connectivity index (χ3n) is 6.07. The van der Waals surface area contributed by atoms with Crippen LogP contribution in [0.15, 0.2) is 74.5 Å². The van der Waals surface area contributed by atoms with Gasteiger partial charge in [-0.15, -0.1) is 0 Å². The molecule has 1 amide bonds. The number of carbonyl (C=O) groups excluding carboxylic acids is 1. The third-order valence-corrected chi connectivity index (χ3v) is 6.56. The molecule has 184 valence electrons. The van der Waals surface area contributed by atoms with Crippen LogP contribution < -0.4 is 19.8 Å². The number of hydrogen-bond donors (Lipinski definition) is 0. The Morgan fingerprint density at radius 3 is 2.64 bits per heavy atom. The minimum Gasteiger partial charge on any atom is -0.490 e. The molecule has 5 rings (SSSR count). The Morgan fingerprint density at radius 2 is 1.89 bits per heavy atom. The van der Waals surface area contributed by atoms with E-state index < -0.39 is 11.9 Å². The predicted octanol–water partition coefficient (Wildman–Crippen LogP) is 6.28. The first-order valence-corrected chi connectivity index (χ1v) is 12.7. The van der Waals surface area contributed by atoms with Gasteiger partial charge in [0.1, 0.15) is 11.4 Å². The first-order valence-electron chi connectivity index (χ1n) is 11.9. The van der Waals surface area contributed by atoms with E-state index in [1.807, 2.05) is 25.1 Å². The topological polar surface area (TPSA) is 81.9 Å². The van der Waals surface area contributed by atoms with Gasteiger partial charge in [-0.1, -0.05) is 41.4 Å². The summed E-state index contributed by atoms with van der Waals surface area (Å²) in [6.45, 7) is 5.02. The summed E-state index contributed by atoms with van der Waals surface area (Å²) in [5.41, 5.74) is 1.07. The van der Waals surface area contributed by atoms with E-state index in [2.05, 4.69) is 27.8 Å². The van der Waals surface area contributed by atoms with E-state index in [1.165, 1.54) is 4.90 Å². The molecule has 0 saturated heterocycles. The number of nitrogens with zero attached hydrogens (tertiary/aromatic N) is 2. The Labute approximate surface area is 216 Å². The number of ether oxygens (including phenoxy) is 2. The lowest BCUT2D eigenvalue weighted by atomic mass is 9.98. The molecule has 1 atom stereocenters. The highest BCUT2D eigenvalue weighted by Gasteiger charge is 2.44. The number of unbranched alkanes of at least 4 members (excludes halogenated alkanes) is 1. The van der Waals surface area contributed by atoms with E-state index in [9.17, 15) is 9.59 Å². The zero-order valence-corrected chi connectivity index (χ0v) is 21.6. The maximum absolute atomic E-state index is 13.8. The SMILES string of the molecule is CCCCOc1ccc(C2c3c(oc4ccc(Br)cc4c3=O)C(=O)N2c2ccccn2)cc1OCC. The first kappa shape index (κ1) is 24.1. The second-order valence-corrected chi connectivity index (χ2v) is 9.34. The van der Waals surface area contributed by atoms with Gasteiger partial charge in [0.05, 0.1) is 30.2 Å². The summed E-state index contributed by atoms with van der Waals surface area (Å²) in [6, 6.07) is 15.3. The molecule has 0 N–H and O–H groups in total. The number of pyridine rings is 1. The molecule has 1 aliphatic rings. The molecule has 2 aromatic heterocycles. The molecule has 2 aromatic carbocycles. The Balaban J connectivity index is 1.71. The highest BCUT2D eigenvalue weighted by molar-refractivity contribution is 9.10. The third kappa shape index (κ3) is 4.26. The normalized spacial score (nSPS) is 14.8. The number of anilines is 1. The van der Waals surface area contributed by atoms with E-state index in [0.717, 1.165) is 17.3 Å². The molecule has 0 bridgehead atoms. The largest absolute Gasteiger partial charge is 0.490 e. The fourth-order valence-corrected chi connectivity index (χ4v) is 4.76. The van der Waals surface area contributed by atoms with Crippen molar-refractivity contribution in [2.75, 3.05) is 18.1 Å². The Bertz CT molecular complexity index is 1490. The average Bonchev–Trinajstić information content (AvgIpc) is 3.18. The number of fused-ring (bicyclic) bond motifs is 2. The van der Waals surface area contributed by atoms with E-state index >= 15 is 0 Å². The molecular formula is C28H25BrN2O5. The van der Waals surface area contributed by atoms with Crippen LogP contribution in [0.3, 0.4) is 0 Å². The lowest BCUT2D eigenvalue weighted by molar-refractivity contribution is 0.0970. The van der Waals surface area contributed by atoms with Crippen LogP contribution in [-0.2, 0) is 0 Å². The van der Waals surface area contributed by atoms with Gasteiger partial charge >= 0.3 is 0 Å². The number of rotatable bonds is 8. The molecule has 36 heavy (non-hydrogen) atoms. The van der Waals surface area contributed by atoms with E-state index in [4.69, 9.17) is 13.9 Å². The Hall–Kier alpha value is -3.65. The molecule has 0 saturated carbocycles. The van der Waals surface area contributed by atoms with Crippen LogP contribution in [-0.4, -0.2) is 24.1 Å². The highest BCUT2D eigenvalue weighted by atomic mass is 79.9. The van der Waals surface area contributed by atoms with E-state index in [1.54, 1.807) is 42.6 Å². The molecule has 1 aliphatic heterocycles. The van der Waals surface area contributed by atoms with Gasteiger partial charge in [0.2, 0.25) is 5.76 Å². The summed E-state index contributed by atoms with van der Waals surface area (Å²) in [5.74, 6) is 1.20. The van der Waals surface area contributed by atoms with Crippen LogP contribution in [0.1, 0.15) is 54.4 Å². The average molecular weight is 549 g/mol. The molecule has 0 aliphatic carbocycles. The fourth-order valence-electron chi connectivity index (χ4n) is 4.40. The summed E-state index contributed by atoms with van der Waals surface area (Å²) in [5, 5.41) is 0.397. The van der Waals surface area contributed by atoms with Gasteiger partial charge in [0.15, 0.2) is 16.9 Å². The van der Waals surface area contributed by atoms with Crippen molar-refractivity contribution in [3.05, 3.63) is 92.4 Å². The maximum atomic E-state index is 13.8. The summed E-state index contributed by atoms with van der Waals surface area (Å²) < 4.78 is 18.6. The molecule has 0 radical (unpaired) electrons. The summed E-state index contributed by atoms with van der Waals surface area (Å²) in [6.07, 6.45) is 3.55. The highest BCUT2D eigenvalue weighted by Crippen LogP contribution is 2.43. The van der Waals surface area contributed by atoms with E-state index in [-0.39, 0.29) is 16.8 Å². The molecule has 7 nitrogen and oxygen atoms in total. The smallest absolute Gasteiger partial charge is 0.296 e. The summed E-state index contributed by atoms with van der Waals surface area (Å²) in [4.78, 5) is 33.4. The number of carbonyl (C=O) groups is 1. The van der Waals surface area contributed by atoms with Gasteiger partial charge in [-0.05, 0) is 61.4 Å². The van der Waals surface area contributed by atoms with Crippen molar-refractivity contribution in [2.45, 2.75) is 32.7 Å². The molecule has 8 heteroatoms. The van der Waals surface area contributed by atoms with Crippen LogP contribution in [0.2, 0.25) is 0 Å². The number of amides is 1. The van der Waals surface area contributed by atoms with Crippen molar-refractivity contribution >= 4 is 38.6 Å². The number of benzene rings is 2. The fraction of sp³-hybridized carbons (Fsp3) is 0.250. The van der Waals surface area contributed by atoms with Crippen molar-refractivity contribution in [3.63, 3.8) is 0 Å². The minimum absolute atomic E-state index is 0.0201. The second kappa shape index (κ2) is 10.1. The Kier molecular flexibility index (Phi) is 6.78. The molecule has 3 heterocycles. The standard InChI is InChI=1S/C28H25BrN2O5/c1-3-5-14-35-21-11-9-17(15-22(21)34-4-2)25-24-26(32)19-16-18(29)10-12-20(19)36-27(24)28(33)31(25)23-8-6-7-13-30-23/h6-13,15-16,25H,3-5,14H2,1-2H3. The number of aromatic nitrogens is 1. The van der Waals surface area contributed by atoms with Gasteiger partial charge in [-0.25, -0.2) is 4.98 Å². The monoisotopic (exact) mass is 548 g/mol. The zero-order chi connectivity index (χ0) is 25.2. The van der Waals surface area contributed by atoms with Crippen LogP contribution in [0, 0.1) is 0 Å². The molecule has 1 unspecified atom stereocenters. The van der Waals surface area contributed by atoms with Crippen LogP contribution in [0.4, 0.5) is 5.82 Å². The van der Waals surface area contributed by atoms with Crippen LogP contribution in [0.5, 0.6) is 11.5 Å². The van der Waals surface area contributed by atoms with Gasteiger partial charge in [0.25, 0.3) is 5.91 Å². The quantitative estimate of drug-likeness (QED) is 0.241. The minimum atomic E-state index is -0.745. The second-order valence-electron chi connectivity index (χ2n) is 8.42. The molecule has 0 fully saturated rings. The van der Waals surface area contributed by atoms with Gasteiger partial charge in [-0.2, -0.15) is 0 Å². The summed E-state index contributed by atoms with van der Waals surface area (Å²) in [7, 11) is 0. The molecule has 4 aromatic rings. The van der Waals surface area contributed by atoms with Gasteiger partial charge < -0.3 is 13.9 Å². The van der Waals surface area contributed by atoms with E-state index in [0.29, 0.717) is 47.1 Å². The molecule has 0 spiro atoms. The Morgan fingerprint density at radius 1 is 1.03 bits per heavy atom. The predicted molar refractivity (Wildman–Crippen MR) is 141 cm³/mol. The van der Waals surface area contributed by atoms with Crippen LogP contribution >= 0.6 is 15.9 Å². The lowest BCUT2D eigenvalue weighted by Crippen LogP contribution is -2.30. The van der Waals surface area contributed by atoms with Crippen molar-refractivity contribution in [2.24, 2.45) is 0 Å². The number of hydrogen-bond acceptors (Lipinski definition) is 6. The van der Waals surface area contributed by atoms with Crippen molar-refractivity contribution < 1.29 is 18.7 Å². The van der Waals surface area contributed by atoms with Gasteiger partial charge in [-0.3, -0.25) is 14.5 Å².